The fraction of sp³-hybridized carbons (Fsp3) is 0.933. The first-order chi connectivity index (χ1) is 9.84. The summed E-state index contributed by atoms with van der Waals surface area (Å²) in [6.45, 7) is 7.00. The fourth-order valence-electron chi connectivity index (χ4n) is 2.46. The lowest BCUT2D eigenvalue weighted by atomic mass is 9.86. The van der Waals surface area contributed by atoms with Gasteiger partial charge in [-0.05, 0) is 53.0 Å². The maximum atomic E-state index is 11.6. The van der Waals surface area contributed by atoms with Crippen molar-refractivity contribution < 1.29 is 14.3 Å². The Morgan fingerprint density at radius 1 is 1.33 bits per heavy atom. The number of carbonyl (C=O) groups excluding carboxylic acids is 1. The van der Waals surface area contributed by atoms with Gasteiger partial charge in [0.05, 0.1) is 6.61 Å². The summed E-state index contributed by atoms with van der Waals surface area (Å²) in [5.74, 6) is 0. The smallest absolute Gasteiger partial charge is 0.407 e. The Morgan fingerprint density at radius 3 is 2.52 bits per heavy atom. The van der Waals surface area contributed by atoms with Crippen LogP contribution >= 0.6 is 0 Å². The largest absolute Gasteiger partial charge is 0.444 e. The third kappa shape index (κ3) is 7.64. The third-order valence-corrected chi connectivity index (χ3v) is 3.45. The van der Waals surface area contributed by atoms with Gasteiger partial charge in [0.1, 0.15) is 5.60 Å². The summed E-state index contributed by atoms with van der Waals surface area (Å²) in [6, 6.07) is 0.976. The molecule has 0 bridgehead atoms. The van der Waals surface area contributed by atoms with Gasteiger partial charge < -0.3 is 25.8 Å². The Labute approximate surface area is 128 Å². The average Bonchev–Trinajstić information content (AvgIpc) is 2.30. The molecule has 6 heteroatoms. The number of hydrogen-bond donors (Lipinski definition) is 3. The second-order valence-electron chi connectivity index (χ2n) is 6.76. The van der Waals surface area contributed by atoms with Crippen molar-refractivity contribution in [2.45, 2.75) is 70.2 Å². The van der Waals surface area contributed by atoms with E-state index in [1.54, 1.807) is 7.11 Å². The molecule has 0 aliphatic heterocycles. The predicted octanol–water partition coefficient (Wildman–Crippen LogP) is 1.39. The number of nitrogens with two attached hydrogens (primary N) is 1. The molecule has 0 aromatic heterocycles. The predicted molar refractivity (Wildman–Crippen MR) is 83.3 cm³/mol. The van der Waals surface area contributed by atoms with E-state index in [4.69, 9.17) is 15.2 Å². The molecule has 1 unspecified atom stereocenters. The second-order valence-corrected chi connectivity index (χ2v) is 6.76. The van der Waals surface area contributed by atoms with E-state index < -0.39 is 5.60 Å². The topological polar surface area (TPSA) is 85.6 Å². The lowest BCUT2D eigenvalue weighted by molar-refractivity contribution is 0.0457. The minimum atomic E-state index is -0.447. The van der Waals surface area contributed by atoms with Crippen LogP contribution in [-0.2, 0) is 9.47 Å². The van der Waals surface area contributed by atoms with Crippen molar-refractivity contribution in [3.63, 3.8) is 0 Å². The summed E-state index contributed by atoms with van der Waals surface area (Å²) in [5, 5.41) is 6.47. The number of nitrogens with one attached hydrogen (secondary N) is 2. The molecule has 1 aliphatic carbocycles. The first kappa shape index (κ1) is 18.2. The monoisotopic (exact) mass is 301 g/mol. The summed E-state index contributed by atoms with van der Waals surface area (Å²) in [5.41, 5.74) is 5.10. The zero-order chi connectivity index (χ0) is 15.9. The number of methoxy groups -OCH3 is 1. The van der Waals surface area contributed by atoms with Crippen molar-refractivity contribution >= 4 is 6.09 Å². The molecule has 1 rings (SSSR count). The van der Waals surface area contributed by atoms with E-state index in [1.807, 2.05) is 20.8 Å². The first-order valence-electron chi connectivity index (χ1n) is 7.78. The van der Waals surface area contributed by atoms with Gasteiger partial charge in [0.2, 0.25) is 0 Å². The Hall–Kier alpha value is -0.850. The molecule has 21 heavy (non-hydrogen) atoms. The van der Waals surface area contributed by atoms with Crippen LogP contribution in [0.2, 0.25) is 0 Å². The molecule has 124 valence electrons. The van der Waals surface area contributed by atoms with Crippen LogP contribution in [0.1, 0.15) is 46.5 Å². The molecule has 0 spiro atoms. The van der Waals surface area contributed by atoms with Crippen LogP contribution in [0.15, 0.2) is 0 Å². The normalized spacial score (nSPS) is 23.3. The van der Waals surface area contributed by atoms with E-state index in [9.17, 15) is 4.79 Å². The maximum absolute atomic E-state index is 11.6. The molecule has 0 radical (unpaired) electrons. The van der Waals surface area contributed by atoms with E-state index in [0.29, 0.717) is 25.2 Å². The SMILES string of the molecule is COCC(CCCN)NC1CC(NC(=O)OC(C)(C)C)C1. The molecule has 6 nitrogen and oxygen atoms in total. The number of rotatable bonds is 8. The Kier molecular flexibility index (Phi) is 7.42. The van der Waals surface area contributed by atoms with E-state index >= 15 is 0 Å². The van der Waals surface area contributed by atoms with Crippen molar-refractivity contribution in [3.8, 4) is 0 Å². The highest BCUT2D eigenvalue weighted by Gasteiger charge is 2.32. The summed E-state index contributed by atoms with van der Waals surface area (Å²) in [7, 11) is 1.71. The molecule has 0 heterocycles. The van der Waals surface area contributed by atoms with Crippen molar-refractivity contribution in [3.05, 3.63) is 0 Å². The minimum absolute atomic E-state index is 0.204. The van der Waals surface area contributed by atoms with Gasteiger partial charge in [-0.2, -0.15) is 0 Å². The van der Waals surface area contributed by atoms with Gasteiger partial charge in [-0.25, -0.2) is 4.79 Å². The zero-order valence-electron chi connectivity index (χ0n) is 13.8. The molecule has 4 N–H and O–H groups in total. The molecular formula is C15H31N3O3. The van der Waals surface area contributed by atoms with Gasteiger partial charge in [-0.3, -0.25) is 0 Å². The quantitative estimate of drug-likeness (QED) is 0.631. The summed E-state index contributed by atoms with van der Waals surface area (Å²) in [6.07, 6.45) is 3.55. The summed E-state index contributed by atoms with van der Waals surface area (Å²) in [4.78, 5) is 11.6. The molecular weight excluding hydrogens is 270 g/mol. The van der Waals surface area contributed by atoms with E-state index in [2.05, 4.69) is 10.6 Å². The van der Waals surface area contributed by atoms with Crippen LogP contribution in [0.4, 0.5) is 4.79 Å². The van der Waals surface area contributed by atoms with Crippen LogP contribution in [0.25, 0.3) is 0 Å². The molecule has 0 aromatic carbocycles. The third-order valence-electron chi connectivity index (χ3n) is 3.45. The van der Waals surface area contributed by atoms with Crippen molar-refractivity contribution in [1.82, 2.24) is 10.6 Å². The van der Waals surface area contributed by atoms with Crippen molar-refractivity contribution in [1.29, 1.82) is 0 Å². The van der Waals surface area contributed by atoms with Crippen LogP contribution in [-0.4, -0.2) is 50.1 Å². The minimum Gasteiger partial charge on any atom is -0.444 e. The highest BCUT2D eigenvalue weighted by molar-refractivity contribution is 5.68. The molecule has 1 saturated carbocycles. The van der Waals surface area contributed by atoms with Gasteiger partial charge in [0.25, 0.3) is 0 Å². The molecule has 1 atom stereocenters. The average molecular weight is 301 g/mol. The van der Waals surface area contributed by atoms with Gasteiger partial charge in [-0.15, -0.1) is 0 Å². The van der Waals surface area contributed by atoms with Crippen LogP contribution < -0.4 is 16.4 Å². The summed E-state index contributed by atoms with van der Waals surface area (Å²) >= 11 is 0. The number of hydrogen-bond acceptors (Lipinski definition) is 5. The number of carbonyl (C=O) groups is 1. The van der Waals surface area contributed by atoms with Gasteiger partial charge in [-0.1, -0.05) is 0 Å². The standard InChI is InChI=1S/C15H31N3O3/c1-15(2,3)21-14(19)18-13-8-12(9-13)17-11(10-20-4)6-5-7-16/h11-13,17H,5-10,16H2,1-4H3,(H,18,19). The lowest BCUT2D eigenvalue weighted by Gasteiger charge is -2.39. The fourth-order valence-corrected chi connectivity index (χ4v) is 2.46. The Balaban J connectivity index is 2.21. The zero-order valence-corrected chi connectivity index (χ0v) is 13.8. The highest BCUT2D eigenvalue weighted by Crippen LogP contribution is 2.21. The molecule has 1 aliphatic rings. The van der Waals surface area contributed by atoms with E-state index in [-0.39, 0.29) is 12.1 Å². The van der Waals surface area contributed by atoms with Crippen LogP contribution in [0.5, 0.6) is 0 Å². The van der Waals surface area contributed by atoms with Gasteiger partial charge >= 0.3 is 6.09 Å². The number of alkyl carbamates (subject to hydrolysis) is 1. The van der Waals surface area contributed by atoms with Crippen molar-refractivity contribution in [2.75, 3.05) is 20.3 Å². The molecule has 0 aromatic rings. The van der Waals surface area contributed by atoms with E-state index in [1.165, 1.54) is 0 Å². The Bertz CT molecular complexity index is 312. The molecule has 1 amide bonds. The summed E-state index contributed by atoms with van der Waals surface area (Å²) < 4.78 is 10.5. The Morgan fingerprint density at radius 2 is 2.00 bits per heavy atom. The molecule has 1 fully saturated rings. The second kappa shape index (κ2) is 8.56. The number of ether oxygens (including phenoxy) is 2. The van der Waals surface area contributed by atoms with Gasteiger partial charge in [0.15, 0.2) is 0 Å². The van der Waals surface area contributed by atoms with Crippen LogP contribution in [0, 0.1) is 0 Å². The molecule has 0 saturated heterocycles. The van der Waals surface area contributed by atoms with Crippen LogP contribution in [0.3, 0.4) is 0 Å². The first-order valence-corrected chi connectivity index (χ1v) is 7.78. The van der Waals surface area contributed by atoms with Gasteiger partial charge in [0, 0.05) is 25.2 Å². The lowest BCUT2D eigenvalue weighted by Crippen LogP contribution is -2.55. The van der Waals surface area contributed by atoms with Crippen molar-refractivity contribution in [2.24, 2.45) is 5.73 Å². The highest BCUT2D eigenvalue weighted by atomic mass is 16.6. The number of amides is 1. The van der Waals surface area contributed by atoms with E-state index in [0.717, 1.165) is 25.7 Å². The maximum Gasteiger partial charge on any atom is 0.407 e.